The van der Waals surface area contributed by atoms with E-state index in [9.17, 15) is 19.2 Å². The number of carbonyl (C=O) groups is 4. The molecule has 0 bridgehead atoms. The van der Waals surface area contributed by atoms with E-state index in [1.165, 1.54) is 6.08 Å². The predicted molar refractivity (Wildman–Crippen MR) is 183 cm³/mol. The van der Waals surface area contributed by atoms with Crippen LogP contribution in [0.1, 0.15) is 64.5 Å². The van der Waals surface area contributed by atoms with Crippen LogP contribution in [-0.4, -0.2) is 60.8 Å². The van der Waals surface area contributed by atoms with Gasteiger partial charge in [-0.3, -0.25) is 24.2 Å². The van der Waals surface area contributed by atoms with Gasteiger partial charge in [-0.25, -0.2) is 0 Å². The Labute approximate surface area is 273 Å². The molecule has 0 spiro atoms. The van der Waals surface area contributed by atoms with Crippen LogP contribution in [0.25, 0.3) is 6.08 Å². The van der Waals surface area contributed by atoms with Gasteiger partial charge in [0.1, 0.15) is 12.1 Å². The maximum absolute atomic E-state index is 13.5. The third-order valence-electron chi connectivity index (χ3n) is 7.28. The number of benzene rings is 2. The molecule has 0 aliphatic carbocycles. The Hall–Kier alpha value is -4.67. The van der Waals surface area contributed by atoms with Crippen molar-refractivity contribution in [3.63, 3.8) is 0 Å². The minimum atomic E-state index is -0.878. The summed E-state index contributed by atoms with van der Waals surface area (Å²) in [4.78, 5) is 56.4. The lowest BCUT2D eigenvalue weighted by molar-refractivity contribution is -0.132. The second-order valence-electron chi connectivity index (χ2n) is 12.1. The lowest BCUT2D eigenvalue weighted by Crippen LogP contribution is -2.57. The highest BCUT2D eigenvalue weighted by Crippen LogP contribution is 2.10. The summed E-state index contributed by atoms with van der Waals surface area (Å²) in [6.45, 7) is 8.33. The smallest absolute Gasteiger partial charge is 0.244 e. The van der Waals surface area contributed by atoms with Crippen LogP contribution in [0.3, 0.4) is 0 Å². The predicted octanol–water partition coefficient (Wildman–Crippen LogP) is 2.66. The molecule has 0 radical (unpaired) electrons. The van der Waals surface area contributed by atoms with Crippen LogP contribution >= 0.6 is 0 Å². The Morgan fingerprint density at radius 1 is 0.826 bits per heavy atom. The second kappa shape index (κ2) is 20.4. The van der Waals surface area contributed by atoms with E-state index in [1.807, 2.05) is 88.4 Å². The van der Waals surface area contributed by atoms with E-state index in [4.69, 9.17) is 11.5 Å². The van der Waals surface area contributed by atoms with Gasteiger partial charge in [0.15, 0.2) is 5.96 Å². The summed E-state index contributed by atoms with van der Waals surface area (Å²) >= 11 is 0. The van der Waals surface area contributed by atoms with Gasteiger partial charge in [0.2, 0.25) is 23.6 Å². The van der Waals surface area contributed by atoms with Crippen molar-refractivity contribution in [3.8, 4) is 0 Å². The number of hydrogen-bond acceptors (Lipinski definition) is 5. The van der Waals surface area contributed by atoms with E-state index in [2.05, 4.69) is 26.3 Å². The molecule has 0 fully saturated rings. The molecule has 0 unspecified atom stereocenters. The normalized spacial score (nSPS) is 13.1. The number of nitrogens with two attached hydrogens (primary N) is 2. The molecule has 2 rings (SSSR count). The average Bonchev–Trinajstić information content (AvgIpc) is 3.02. The molecule has 0 aromatic heterocycles. The first-order valence-electron chi connectivity index (χ1n) is 15.9. The summed E-state index contributed by atoms with van der Waals surface area (Å²) in [5, 5.41) is 11.6. The van der Waals surface area contributed by atoms with Crippen LogP contribution in [0.2, 0.25) is 0 Å². The number of rotatable bonds is 19. The zero-order valence-corrected chi connectivity index (χ0v) is 27.5. The Bertz CT molecular complexity index is 1290. The van der Waals surface area contributed by atoms with Gasteiger partial charge in [0.05, 0.1) is 0 Å². The Morgan fingerprint density at radius 2 is 1.46 bits per heavy atom. The Morgan fingerprint density at radius 3 is 2.07 bits per heavy atom. The Balaban J connectivity index is 2.06. The van der Waals surface area contributed by atoms with Gasteiger partial charge in [-0.15, -0.1) is 0 Å². The van der Waals surface area contributed by atoms with E-state index in [1.54, 1.807) is 6.08 Å². The number of hydrogen-bond donors (Lipinski definition) is 6. The Kier molecular flexibility index (Phi) is 16.6. The van der Waals surface area contributed by atoms with Crippen molar-refractivity contribution in [1.82, 2.24) is 21.3 Å². The number of nitrogens with zero attached hydrogens (tertiary/aromatic N) is 1. The highest BCUT2D eigenvalue weighted by atomic mass is 16.2. The fourth-order valence-electron chi connectivity index (χ4n) is 4.66. The lowest BCUT2D eigenvalue weighted by Gasteiger charge is -2.28. The topological polar surface area (TPSA) is 181 Å². The molecule has 8 N–H and O–H groups in total. The van der Waals surface area contributed by atoms with Crippen LogP contribution in [0.4, 0.5) is 0 Å². The lowest BCUT2D eigenvalue weighted by atomic mass is 9.99. The van der Waals surface area contributed by atoms with E-state index in [0.717, 1.165) is 11.1 Å². The summed E-state index contributed by atoms with van der Waals surface area (Å²) in [5.41, 5.74) is 12.8. The zero-order valence-electron chi connectivity index (χ0n) is 27.5. The first kappa shape index (κ1) is 37.5. The highest BCUT2D eigenvalue weighted by molar-refractivity contribution is 5.93. The molecular weight excluding hydrogens is 582 g/mol. The summed E-state index contributed by atoms with van der Waals surface area (Å²) in [6.07, 6.45) is 5.04. The van der Waals surface area contributed by atoms with Crippen molar-refractivity contribution in [2.24, 2.45) is 28.3 Å². The quantitative estimate of drug-likeness (QED) is 0.0599. The maximum Gasteiger partial charge on any atom is 0.244 e. The van der Waals surface area contributed by atoms with Gasteiger partial charge < -0.3 is 32.7 Å². The van der Waals surface area contributed by atoms with Gasteiger partial charge in [-0.2, -0.15) is 0 Å². The largest absolute Gasteiger partial charge is 0.370 e. The maximum atomic E-state index is 13.5. The second-order valence-corrected chi connectivity index (χ2v) is 12.1. The summed E-state index contributed by atoms with van der Waals surface area (Å²) < 4.78 is 0. The van der Waals surface area contributed by atoms with E-state index in [0.29, 0.717) is 25.8 Å². The van der Waals surface area contributed by atoms with Crippen molar-refractivity contribution in [1.29, 1.82) is 0 Å². The molecule has 250 valence electrons. The van der Waals surface area contributed by atoms with Crippen molar-refractivity contribution in [3.05, 3.63) is 77.9 Å². The first-order chi connectivity index (χ1) is 21.9. The van der Waals surface area contributed by atoms with Gasteiger partial charge in [-0.05, 0) is 54.7 Å². The van der Waals surface area contributed by atoms with E-state index >= 15 is 0 Å². The van der Waals surface area contributed by atoms with Crippen LogP contribution in [0.5, 0.6) is 0 Å². The number of amides is 4. The van der Waals surface area contributed by atoms with Gasteiger partial charge in [0.25, 0.3) is 0 Å². The summed E-state index contributed by atoms with van der Waals surface area (Å²) in [5.74, 6) is -1.31. The number of guanidine groups is 1. The van der Waals surface area contributed by atoms with Crippen molar-refractivity contribution in [2.45, 2.75) is 77.9 Å². The van der Waals surface area contributed by atoms with E-state index < -0.39 is 18.0 Å². The molecule has 0 aliphatic heterocycles. The summed E-state index contributed by atoms with van der Waals surface area (Å²) in [7, 11) is 0. The molecule has 46 heavy (non-hydrogen) atoms. The summed E-state index contributed by atoms with van der Waals surface area (Å²) in [6, 6.07) is 17.0. The molecule has 0 saturated heterocycles. The highest BCUT2D eigenvalue weighted by Gasteiger charge is 2.29. The molecule has 11 heteroatoms. The van der Waals surface area contributed by atoms with Gasteiger partial charge in [-0.1, -0.05) is 88.4 Å². The molecule has 4 amide bonds. The van der Waals surface area contributed by atoms with E-state index in [-0.39, 0.29) is 60.9 Å². The number of aliphatic imine (C=N–C) groups is 1. The van der Waals surface area contributed by atoms with Gasteiger partial charge in [0, 0.05) is 31.6 Å². The number of aryl methyl sites for hydroxylation is 1. The van der Waals surface area contributed by atoms with Crippen LogP contribution in [-0.2, 0) is 25.6 Å². The number of nitrogens with one attached hydrogen (secondary N) is 4. The molecule has 0 saturated carbocycles. The van der Waals surface area contributed by atoms with Gasteiger partial charge >= 0.3 is 0 Å². The van der Waals surface area contributed by atoms with Crippen molar-refractivity contribution >= 4 is 35.7 Å². The number of carbonyl (C=O) groups excluding carboxylic acids is 4. The molecule has 0 aliphatic rings. The molecule has 2 aromatic rings. The first-order valence-corrected chi connectivity index (χ1v) is 15.9. The molecule has 2 aromatic carbocycles. The fourth-order valence-corrected chi connectivity index (χ4v) is 4.66. The standard InChI is InChI=1S/C35H51N7O4/c1-24(2)22-29(34(46)42-30(25(3)4)23-39-31(43)19-17-26-12-7-5-8-13-26)41-33(45)28(16-11-21-38-35(36)37)40-32(44)20-18-27-14-9-6-10-15-27/h5-10,12-15,17,19,24-25,28-30H,11,16,18,20-23H2,1-4H3,(H,39,43)(H,40,44)(H,41,45)(H,42,46)(H4,36,37,38)/t28-,29-,30+/m0/s1. The van der Waals surface area contributed by atoms with Crippen LogP contribution < -0.4 is 32.7 Å². The minimum absolute atomic E-state index is 0.00458. The van der Waals surface area contributed by atoms with Crippen LogP contribution in [0, 0.1) is 11.8 Å². The third-order valence-corrected chi connectivity index (χ3v) is 7.28. The monoisotopic (exact) mass is 633 g/mol. The van der Waals surface area contributed by atoms with Crippen LogP contribution in [0.15, 0.2) is 71.7 Å². The molecular formula is C35H51N7O4. The van der Waals surface area contributed by atoms with Crippen molar-refractivity contribution in [2.75, 3.05) is 13.1 Å². The molecule has 3 atom stereocenters. The zero-order chi connectivity index (χ0) is 33.9. The minimum Gasteiger partial charge on any atom is -0.370 e. The SMILES string of the molecule is CC(C)C[C@H](NC(=O)[C@H](CCCN=C(N)N)NC(=O)CCc1ccccc1)C(=O)N[C@H](CNC(=O)C=Cc1ccccc1)C(C)C. The third kappa shape index (κ3) is 15.4. The average molecular weight is 634 g/mol. The van der Waals surface area contributed by atoms with Crippen molar-refractivity contribution < 1.29 is 19.2 Å². The fraction of sp³-hybridized carbons (Fsp3) is 0.457. The molecule has 11 nitrogen and oxygen atoms in total. The molecule has 0 heterocycles.